The van der Waals surface area contributed by atoms with Crippen LogP contribution in [0.1, 0.15) is 12.1 Å². The maximum atomic E-state index is 8.69. The van der Waals surface area contributed by atoms with E-state index in [1.54, 1.807) is 0 Å². The molecular weight excluding hydrogens is 294 g/mol. The van der Waals surface area contributed by atoms with Gasteiger partial charge in [0.05, 0.1) is 12.1 Å². The Balaban J connectivity index is 2.10. The van der Waals surface area contributed by atoms with E-state index in [4.69, 9.17) is 5.11 Å². The Morgan fingerprint density at radius 1 is 1.39 bits per heavy atom. The molecule has 0 aliphatic carbocycles. The van der Waals surface area contributed by atoms with Crippen molar-refractivity contribution < 1.29 is 5.11 Å². The molecule has 18 heavy (non-hydrogen) atoms. The van der Waals surface area contributed by atoms with Crippen molar-refractivity contribution in [1.29, 1.82) is 0 Å². The summed E-state index contributed by atoms with van der Waals surface area (Å²) < 4.78 is 3.06. The zero-order chi connectivity index (χ0) is 13.0. The van der Waals surface area contributed by atoms with Crippen LogP contribution < -0.4 is 5.32 Å². The second kappa shape index (κ2) is 6.31. The van der Waals surface area contributed by atoms with Crippen LogP contribution >= 0.6 is 15.9 Å². The van der Waals surface area contributed by atoms with Crippen LogP contribution in [0, 0.1) is 0 Å². The predicted molar refractivity (Wildman–Crippen MR) is 76.7 cm³/mol. The molecule has 98 valence electrons. The summed E-state index contributed by atoms with van der Waals surface area (Å²) in [5.74, 6) is 0. The smallest absolute Gasteiger partial charge is 0.0937 e. The molecule has 0 amide bonds. The Hall–Kier alpha value is -0.910. The maximum Gasteiger partial charge on any atom is 0.0937 e. The zero-order valence-electron chi connectivity index (χ0n) is 10.5. The molecule has 0 bridgehead atoms. The van der Waals surface area contributed by atoms with E-state index in [2.05, 4.69) is 32.4 Å². The van der Waals surface area contributed by atoms with Gasteiger partial charge in [-0.05, 0) is 31.5 Å². The Kier molecular flexibility index (Phi) is 4.74. The van der Waals surface area contributed by atoms with E-state index in [-0.39, 0.29) is 6.61 Å². The summed E-state index contributed by atoms with van der Waals surface area (Å²) in [4.78, 5) is 0. The first-order valence-electron chi connectivity index (χ1n) is 6.15. The highest BCUT2D eigenvalue weighted by Crippen LogP contribution is 2.27. The fourth-order valence-corrected chi connectivity index (χ4v) is 2.72. The third kappa shape index (κ3) is 2.91. The van der Waals surface area contributed by atoms with Crippen LogP contribution in [0.4, 0.5) is 0 Å². The lowest BCUT2D eigenvalue weighted by Crippen LogP contribution is -2.20. The van der Waals surface area contributed by atoms with E-state index >= 15 is 0 Å². The largest absolute Gasteiger partial charge is 0.395 e. The molecule has 0 fully saturated rings. The number of aromatic nitrogens is 2. The molecule has 2 aromatic rings. The second-order valence-electron chi connectivity index (χ2n) is 4.28. The van der Waals surface area contributed by atoms with Crippen LogP contribution in [0.3, 0.4) is 0 Å². The standard InChI is InChI=1S/C13H18BrN3O/c1-17-12(6-3-7-15-8-9-18)13-10(14)4-2-5-11(13)16-17/h2,4-5,15,18H,3,6-9H2,1H3. The summed E-state index contributed by atoms with van der Waals surface area (Å²) in [5.41, 5.74) is 2.29. The number of halogens is 1. The third-order valence-electron chi connectivity index (χ3n) is 2.98. The van der Waals surface area contributed by atoms with Gasteiger partial charge in [-0.15, -0.1) is 0 Å². The summed E-state index contributed by atoms with van der Waals surface area (Å²) >= 11 is 3.59. The maximum absolute atomic E-state index is 8.69. The van der Waals surface area contributed by atoms with Crippen molar-refractivity contribution in [2.24, 2.45) is 7.05 Å². The highest BCUT2D eigenvalue weighted by molar-refractivity contribution is 9.10. The summed E-state index contributed by atoms with van der Waals surface area (Å²) in [6.07, 6.45) is 2.02. The number of aliphatic hydroxyl groups excluding tert-OH is 1. The number of aliphatic hydroxyl groups is 1. The Bertz CT molecular complexity index is 524. The van der Waals surface area contributed by atoms with Gasteiger partial charge in [0.15, 0.2) is 0 Å². The number of aryl methyl sites for hydroxylation is 2. The van der Waals surface area contributed by atoms with Crippen LogP contribution in [0.15, 0.2) is 22.7 Å². The molecular formula is C13H18BrN3O. The van der Waals surface area contributed by atoms with Crippen LogP contribution in [0.5, 0.6) is 0 Å². The SMILES string of the molecule is Cn1nc2cccc(Br)c2c1CCCNCCO. The average Bonchev–Trinajstić information content (AvgIpc) is 2.67. The molecule has 0 aliphatic heterocycles. The molecule has 0 unspecified atom stereocenters. The molecule has 0 aliphatic rings. The number of nitrogens with one attached hydrogen (secondary N) is 1. The lowest BCUT2D eigenvalue weighted by atomic mass is 10.1. The lowest BCUT2D eigenvalue weighted by molar-refractivity contribution is 0.292. The molecule has 2 rings (SSSR count). The Labute approximate surface area is 115 Å². The minimum Gasteiger partial charge on any atom is -0.395 e. The van der Waals surface area contributed by atoms with E-state index in [0.29, 0.717) is 6.54 Å². The normalized spacial score (nSPS) is 11.3. The van der Waals surface area contributed by atoms with E-state index in [1.165, 1.54) is 11.1 Å². The van der Waals surface area contributed by atoms with Crippen molar-refractivity contribution in [3.8, 4) is 0 Å². The van der Waals surface area contributed by atoms with Crippen molar-refractivity contribution in [2.75, 3.05) is 19.7 Å². The van der Waals surface area contributed by atoms with Gasteiger partial charge in [0.2, 0.25) is 0 Å². The van der Waals surface area contributed by atoms with E-state index in [0.717, 1.165) is 29.4 Å². The highest BCUT2D eigenvalue weighted by atomic mass is 79.9. The first kappa shape index (κ1) is 13.5. The lowest BCUT2D eigenvalue weighted by Gasteiger charge is -2.05. The quantitative estimate of drug-likeness (QED) is 0.801. The van der Waals surface area contributed by atoms with Gasteiger partial charge in [-0.25, -0.2) is 0 Å². The zero-order valence-corrected chi connectivity index (χ0v) is 12.1. The second-order valence-corrected chi connectivity index (χ2v) is 5.14. The molecule has 1 heterocycles. The van der Waals surface area contributed by atoms with Crippen molar-refractivity contribution in [1.82, 2.24) is 15.1 Å². The number of hydrogen-bond donors (Lipinski definition) is 2. The molecule has 0 saturated carbocycles. The van der Waals surface area contributed by atoms with Crippen molar-refractivity contribution in [3.05, 3.63) is 28.4 Å². The van der Waals surface area contributed by atoms with E-state index in [9.17, 15) is 0 Å². The monoisotopic (exact) mass is 311 g/mol. The molecule has 1 aromatic heterocycles. The Morgan fingerprint density at radius 2 is 2.22 bits per heavy atom. The van der Waals surface area contributed by atoms with Gasteiger partial charge in [0.1, 0.15) is 0 Å². The molecule has 2 N–H and O–H groups in total. The minimum atomic E-state index is 0.195. The van der Waals surface area contributed by atoms with Crippen LogP contribution in [0.25, 0.3) is 10.9 Å². The number of fused-ring (bicyclic) bond motifs is 1. The first-order chi connectivity index (χ1) is 8.74. The van der Waals surface area contributed by atoms with Gasteiger partial charge in [-0.2, -0.15) is 5.10 Å². The van der Waals surface area contributed by atoms with Gasteiger partial charge in [0.25, 0.3) is 0 Å². The number of benzene rings is 1. The fraction of sp³-hybridized carbons (Fsp3) is 0.462. The van der Waals surface area contributed by atoms with Gasteiger partial charge in [0, 0.05) is 29.1 Å². The summed E-state index contributed by atoms with van der Waals surface area (Å²) in [6.45, 7) is 1.77. The van der Waals surface area contributed by atoms with Crippen LogP contribution in [-0.4, -0.2) is 34.6 Å². The molecule has 0 saturated heterocycles. The van der Waals surface area contributed by atoms with Gasteiger partial charge in [-0.3, -0.25) is 4.68 Å². The average molecular weight is 312 g/mol. The van der Waals surface area contributed by atoms with Crippen LogP contribution in [-0.2, 0) is 13.5 Å². The fourth-order valence-electron chi connectivity index (χ4n) is 2.14. The Morgan fingerprint density at radius 3 is 3.00 bits per heavy atom. The first-order valence-corrected chi connectivity index (χ1v) is 6.95. The third-order valence-corrected chi connectivity index (χ3v) is 3.65. The van der Waals surface area contributed by atoms with Crippen molar-refractivity contribution in [3.63, 3.8) is 0 Å². The molecule has 4 nitrogen and oxygen atoms in total. The molecule has 5 heteroatoms. The van der Waals surface area contributed by atoms with Crippen molar-refractivity contribution >= 4 is 26.8 Å². The molecule has 0 spiro atoms. The highest BCUT2D eigenvalue weighted by Gasteiger charge is 2.10. The van der Waals surface area contributed by atoms with Gasteiger partial charge in [-0.1, -0.05) is 22.0 Å². The number of nitrogens with zero attached hydrogens (tertiary/aromatic N) is 2. The number of hydrogen-bond acceptors (Lipinski definition) is 3. The molecule has 0 atom stereocenters. The van der Waals surface area contributed by atoms with E-state index in [1.807, 2.05) is 23.9 Å². The van der Waals surface area contributed by atoms with Gasteiger partial charge >= 0.3 is 0 Å². The van der Waals surface area contributed by atoms with Gasteiger partial charge < -0.3 is 10.4 Å². The number of rotatable bonds is 6. The van der Waals surface area contributed by atoms with Crippen LogP contribution in [0.2, 0.25) is 0 Å². The topological polar surface area (TPSA) is 50.1 Å². The minimum absolute atomic E-state index is 0.195. The van der Waals surface area contributed by atoms with E-state index < -0.39 is 0 Å². The summed E-state index contributed by atoms with van der Waals surface area (Å²) in [5, 5.41) is 17.6. The summed E-state index contributed by atoms with van der Waals surface area (Å²) in [6, 6.07) is 6.09. The molecule has 0 radical (unpaired) electrons. The molecule has 1 aromatic carbocycles. The predicted octanol–water partition coefficient (Wildman–Crippen LogP) is 1.85. The summed E-state index contributed by atoms with van der Waals surface area (Å²) in [7, 11) is 1.99. The van der Waals surface area contributed by atoms with Crippen molar-refractivity contribution in [2.45, 2.75) is 12.8 Å².